The van der Waals surface area contributed by atoms with Crippen molar-refractivity contribution in [1.82, 2.24) is 15.2 Å². The molecule has 0 radical (unpaired) electrons. The van der Waals surface area contributed by atoms with Crippen LogP contribution in [0, 0.1) is 12.8 Å². The maximum absolute atomic E-state index is 4.38. The van der Waals surface area contributed by atoms with Crippen LogP contribution in [0.2, 0.25) is 0 Å². The van der Waals surface area contributed by atoms with Crippen molar-refractivity contribution in [2.45, 2.75) is 63.6 Å². The highest BCUT2D eigenvalue weighted by molar-refractivity contribution is 5.17. The molecule has 3 aliphatic rings. The molecule has 1 aromatic heterocycles. The molecule has 3 nitrogen and oxygen atoms in total. The van der Waals surface area contributed by atoms with Crippen LogP contribution in [-0.2, 0) is 6.54 Å². The summed E-state index contributed by atoms with van der Waals surface area (Å²) in [5.74, 6) is 0.939. The maximum Gasteiger partial charge on any atom is 0.0313 e. The Morgan fingerprint density at radius 3 is 2.81 bits per heavy atom. The molecule has 1 N–H and O–H groups in total. The van der Waals surface area contributed by atoms with Crippen LogP contribution < -0.4 is 5.32 Å². The lowest BCUT2D eigenvalue weighted by molar-refractivity contribution is 0.0626. The lowest BCUT2D eigenvalue weighted by Crippen LogP contribution is -2.63. The molecule has 1 atom stereocenters. The van der Waals surface area contributed by atoms with Crippen molar-refractivity contribution in [1.29, 1.82) is 0 Å². The van der Waals surface area contributed by atoms with Gasteiger partial charge in [0.15, 0.2) is 0 Å². The van der Waals surface area contributed by atoms with Gasteiger partial charge in [-0.3, -0.25) is 9.88 Å². The molecule has 1 unspecified atom stereocenters. The van der Waals surface area contributed by atoms with Crippen LogP contribution >= 0.6 is 0 Å². The van der Waals surface area contributed by atoms with Crippen molar-refractivity contribution in [2.24, 2.45) is 5.92 Å². The number of aromatic nitrogens is 1. The Labute approximate surface area is 128 Å². The predicted octanol–water partition coefficient (Wildman–Crippen LogP) is 2.89. The third-order valence-electron chi connectivity index (χ3n) is 5.71. The lowest BCUT2D eigenvalue weighted by Gasteiger charge is -2.46. The second-order valence-electron chi connectivity index (χ2n) is 7.55. The molecule has 1 aromatic rings. The van der Waals surface area contributed by atoms with E-state index in [-0.39, 0.29) is 0 Å². The second-order valence-corrected chi connectivity index (χ2v) is 7.55. The average molecular weight is 285 g/mol. The lowest BCUT2D eigenvalue weighted by atomic mass is 9.90. The molecule has 21 heavy (non-hydrogen) atoms. The van der Waals surface area contributed by atoms with Gasteiger partial charge in [0.2, 0.25) is 0 Å². The molecule has 0 aromatic carbocycles. The summed E-state index contributed by atoms with van der Waals surface area (Å²) in [7, 11) is 0. The van der Waals surface area contributed by atoms with Gasteiger partial charge in [0.25, 0.3) is 0 Å². The van der Waals surface area contributed by atoms with E-state index in [0.29, 0.717) is 5.54 Å². The highest BCUT2D eigenvalue weighted by atomic mass is 15.3. The average Bonchev–Trinajstić information content (AvgIpc) is 3.21. The molecule has 2 heterocycles. The van der Waals surface area contributed by atoms with Crippen molar-refractivity contribution < 1.29 is 0 Å². The highest BCUT2D eigenvalue weighted by Gasteiger charge is 2.45. The molecule has 1 saturated heterocycles. The zero-order valence-electron chi connectivity index (χ0n) is 13.1. The summed E-state index contributed by atoms with van der Waals surface area (Å²) in [4.78, 5) is 7.16. The Hall–Kier alpha value is -0.930. The largest absolute Gasteiger partial charge is 0.308 e. The quantitative estimate of drug-likeness (QED) is 0.925. The molecule has 1 aliphatic heterocycles. The monoisotopic (exact) mass is 285 g/mol. The van der Waals surface area contributed by atoms with Crippen molar-refractivity contribution in [3.63, 3.8) is 0 Å². The van der Waals surface area contributed by atoms with Gasteiger partial charge in [-0.25, -0.2) is 0 Å². The van der Waals surface area contributed by atoms with E-state index in [2.05, 4.69) is 34.4 Å². The van der Waals surface area contributed by atoms with Crippen LogP contribution in [0.4, 0.5) is 0 Å². The van der Waals surface area contributed by atoms with Crippen molar-refractivity contribution in [3.05, 3.63) is 29.6 Å². The van der Waals surface area contributed by atoms with Crippen LogP contribution in [0.3, 0.4) is 0 Å². The number of hydrogen-bond donors (Lipinski definition) is 1. The number of nitrogens with zero attached hydrogens (tertiary/aromatic N) is 2. The summed E-state index contributed by atoms with van der Waals surface area (Å²) in [5, 5.41) is 3.94. The van der Waals surface area contributed by atoms with Gasteiger partial charge in [0.1, 0.15) is 0 Å². The van der Waals surface area contributed by atoms with E-state index in [9.17, 15) is 0 Å². The molecule has 1 spiro atoms. The number of nitrogens with one attached hydrogen (secondary N) is 1. The zero-order valence-corrected chi connectivity index (χ0v) is 13.1. The first-order valence-electron chi connectivity index (χ1n) is 8.64. The van der Waals surface area contributed by atoms with Gasteiger partial charge in [-0.05, 0) is 49.7 Å². The van der Waals surface area contributed by atoms with E-state index < -0.39 is 0 Å². The molecule has 2 aliphatic carbocycles. The second kappa shape index (κ2) is 5.36. The van der Waals surface area contributed by atoms with E-state index in [0.717, 1.165) is 18.5 Å². The van der Waals surface area contributed by atoms with Crippen LogP contribution in [-0.4, -0.2) is 34.6 Å². The number of aryl methyl sites for hydroxylation is 1. The van der Waals surface area contributed by atoms with Gasteiger partial charge < -0.3 is 5.32 Å². The van der Waals surface area contributed by atoms with Crippen LogP contribution in [0.15, 0.2) is 18.5 Å². The third kappa shape index (κ3) is 2.86. The van der Waals surface area contributed by atoms with Gasteiger partial charge in [-0.15, -0.1) is 0 Å². The fraction of sp³-hybridized carbons (Fsp3) is 0.722. The number of piperazine rings is 1. The Balaban J connectivity index is 1.53. The number of hydrogen-bond acceptors (Lipinski definition) is 3. The Bertz CT molecular complexity index is 503. The summed E-state index contributed by atoms with van der Waals surface area (Å²) in [6.07, 6.45) is 12.4. The Morgan fingerprint density at radius 1 is 1.29 bits per heavy atom. The smallest absolute Gasteiger partial charge is 0.0313 e. The first kappa shape index (κ1) is 13.7. The number of rotatable bonds is 3. The molecule has 114 valence electrons. The molecule has 0 bridgehead atoms. The molecule has 0 amide bonds. The van der Waals surface area contributed by atoms with E-state index in [1.165, 1.54) is 62.7 Å². The Morgan fingerprint density at radius 2 is 2.10 bits per heavy atom. The van der Waals surface area contributed by atoms with Gasteiger partial charge >= 0.3 is 0 Å². The third-order valence-corrected chi connectivity index (χ3v) is 5.71. The zero-order chi connectivity index (χ0) is 14.3. The van der Waals surface area contributed by atoms with Gasteiger partial charge in [-0.1, -0.05) is 18.9 Å². The van der Waals surface area contributed by atoms with E-state index >= 15 is 0 Å². The first-order chi connectivity index (χ1) is 10.2. The van der Waals surface area contributed by atoms with Crippen molar-refractivity contribution in [2.75, 3.05) is 13.1 Å². The summed E-state index contributed by atoms with van der Waals surface area (Å²) in [5.41, 5.74) is 3.08. The molecule has 2 saturated carbocycles. The van der Waals surface area contributed by atoms with E-state index in [4.69, 9.17) is 0 Å². The summed E-state index contributed by atoms with van der Waals surface area (Å²) < 4.78 is 0. The van der Waals surface area contributed by atoms with Gasteiger partial charge in [-0.2, -0.15) is 0 Å². The van der Waals surface area contributed by atoms with Crippen LogP contribution in [0.1, 0.15) is 49.7 Å². The first-order valence-corrected chi connectivity index (χ1v) is 8.64. The molecular formula is C18H27N3. The summed E-state index contributed by atoms with van der Waals surface area (Å²) >= 11 is 0. The molecule has 3 fully saturated rings. The minimum Gasteiger partial charge on any atom is -0.308 e. The number of pyridine rings is 1. The molecule has 3 heteroatoms. The fourth-order valence-corrected chi connectivity index (χ4v) is 4.46. The summed E-state index contributed by atoms with van der Waals surface area (Å²) in [6, 6.07) is 3.05. The van der Waals surface area contributed by atoms with Crippen molar-refractivity contribution >= 4 is 0 Å². The predicted molar refractivity (Wildman–Crippen MR) is 85.1 cm³/mol. The molecule has 4 rings (SSSR count). The van der Waals surface area contributed by atoms with Crippen LogP contribution in [0.25, 0.3) is 0 Å². The summed E-state index contributed by atoms with van der Waals surface area (Å²) in [6.45, 7) is 5.66. The maximum atomic E-state index is 4.38. The Kier molecular flexibility index (Phi) is 3.50. The van der Waals surface area contributed by atoms with Gasteiger partial charge in [0, 0.05) is 43.6 Å². The fourth-order valence-electron chi connectivity index (χ4n) is 4.46. The SMILES string of the molecule is Cc1cncc(CN2CC3(CCCC3)NCC2C2CC2)c1. The standard InChI is InChI=1S/C18H27N3/c1-14-8-15(10-19-9-14)12-21-13-18(6-2-3-7-18)20-11-17(21)16-4-5-16/h8-10,16-17,20H,2-7,11-13H2,1H3. The van der Waals surface area contributed by atoms with Crippen molar-refractivity contribution in [3.8, 4) is 0 Å². The van der Waals surface area contributed by atoms with Crippen LogP contribution in [0.5, 0.6) is 0 Å². The highest BCUT2D eigenvalue weighted by Crippen LogP contribution is 2.41. The minimum absolute atomic E-state index is 0.419. The van der Waals surface area contributed by atoms with E-state index in [1.54, 1.807) is 0 Å². The van der Waals surface area contributed by atoms with Gasteiger partial charge in [0.05, 0.1) is 0 Å². The molecular weight excluding hydrogens is 258 g/mol. The van der Waals surface area contributed by atoms with E-state index in [1.807, 2.05) is 6.20 Å². The topological polar surface area (TPSA) is 28.2 Å². The minimum atomic E-state index is 0.419. The normalized spacial score (nSPS) is 29.1.